The summed E-state index contributed by atoms with van der Waals surface area (Å²) in [6, 6.07) is 19.0. The zero-order valence-corrected chi connectivity index (χ0v) is 21.3. The maximum absolute atomic E-state index is 5.88. The van der Waals surface area contributed by atoms with Gasteiger partial charge in [-0.05, 0) is 47.9 Å². The largest absolute Gasteiger partial charge is 0.491 e. The van der Waals surface area contributed by atoms with Crippen LogP contribution < -0.4 is 10.1 Å². The number of nitrogens with one attached hydrogen (secondary N) is 1. The normalized spacial score (nSPS) is 12.4. The second-order valence-corrected chi connectivity index (χ2v) is 10.0. The molecule has 0 atom stereocenters. The van der Waals surface area contributed by atoms with Crippen molar-refractivity contribution >= 4 is 12.4 Å². The quantitative estimate of drug-likeness (QED) is 0.363. The Morgan fingerprint density at radius 2 is 1.42 bits per heavy atom. The minimum absolute atomic E-state index is 0. The van der Waals surface area contributed by atoms with Gasteiger partial charge in [0.2, 0.25) is 0 Å². The first-order valence-electron chi connectivity index (χ1n) is 11.2. The third-order valence-corrected chi connectivity index (χ3v) is 6.73. The first-order chi connectivity index (χ1) is 14.1. The molecule has 2 aromatic carbocycles. The van der Waals surface area contributed by atoms with Crippen LogP contribution in [0.4, 0.5) is 0 Å². The molecule has 0 saturated carbocycles. The van der Waals surface area contributed by atoms with Crippen LogP contribution in [0.1, 0.15) is 66.0 Å². The molecular formula is C27H42ClNO2. The van der Waals surface area contributed by atoms with E-state index in [1.165, 1.54) is 11.1 Å². The summed E-state index contributed by atoms with van der Waals surface area (Å²) in [6.45, 7) is 18.5. The van der Waals surface area contributed by atoms with E-state index in [1.807, 2.05) is 6.07 Å². The second-order valence-electron chi connectivity index (χ2n) is 10.0. The lowest BCUT2D eigenvalue weighted by molar-refractivity contribution is 0.0605. The zero-order valence-electron chi connectivity index (χ0n) is 20.5. The highest BCUT2D eigenvalue weighted by molar-refractivity contribution is 5.85. The summed E-state index contributed by atoms with van der Waals surface area (Å²) in [5.74, 6) is 0.897. The average molecular weight is 448 g/mol. The van der Waals surface area contributed by atoms with Gasteiger partial charge < -0.3 is 14.8 Å². The second kappa shape index (κ2) is 11.9. The molecule has 0 aromatic heterocycles. The molecule has 2 aromatic rings. The Bertz CT molecular complexity index is 755. The van der Waals surface area contributed by atoms with E-state index in [9.17, 15) is 0 Å². The number of rotatable bonds is 12. The summed E-state index contributed by atoms with van der Waals surface area (Å²) in [7, 11) is 0. The molecule has 0 saturated heterocycles. The third-order valence-electron chi connectivity index (χ3n) is 6.73. The van der Waals surface area contributed by atoms with Crippen LogP contribution in [0.25, 0.3) is 0 Å². The highest BCUT2D eigenvalue weighted by Gasteiger charge is 2.36. The van der Waals surface area contributed by atoms with Crippen molar-refractivity contribution in [3.05, 3.63) is 65.7 Å². The lowest BCUT2D eigenvalue weighted by Gasteiger charge is -2.42. The number of ether oxygens (including phenoxy) is 2. The molecule has 4 heteroatoms. The molecule has 2 rings (SSSR count). The van der Waals surface area contributed by atoms with Crippen molar-refractivity contribution in [2.75, 3.05) is 19.8 Å². The molecule has 0 spiro atoms. The molecule has 0 heterocycles. The van der Waals surface area contributed by atoms with E-state index in [0.29, 0.717) is 19.8 Å². The summed E-state index contributed by atoms with van der Waals surface area (Å²) in [5.41, 5.74) is 2.90. The van der Waals surface area contributed by atoms with Gasteiger partial charge in [0.1, 0.15) is 12.4 Å². The van der Waals surface area contributed by atoms with E-state index in [4.69, 9.17) is 9.47 Å². The first kappa shape index (κ1) is 27.5. The minimum Gasteiger partial charge on any atom is -0.491 e. The van der Waals surface area contributed by atoms with Crippen molar-refractivity contribution in [3.63, 3.8) is 0 Å². The van der Waals surface area contributed by atoms with Crippen molar-refractivity contribution in [2.45, 2.75) is 72.4 Å². The molecule has 3 nitrogen and oxygen atoms in total. The molecule has 31 heavy (non-hydrogen) atoms. The first-order valence-corrected chi connectivity index (χ1v) is 11.2. The van der Waals surface area contributed by atoms with Crippen LogP contribution in [0.3, 0.4) is 0 Å². The van der Waals surface area contributed by atoms with E-state index < -0.39 is 0 Å². The molecule has 0 fully saturated rings. The van der Waals surface area contributed by atoms with Crippen LogP contribution in [-0.2, 0) is 16.7 Å². The fourth-order valence-corrected chi connectivity index (χ4v) is 3.33. The van der Waals surface area contributed by atoms with Gasteiger partial charge in [0.05, 0.1) is 13.2 Å². The number of benzene rings is 2. The average Bonchev–Trinajstić information content (AvgIpc) is 2.73. The Balaban J connectivity index is 0.00000480. The summed E-state index contributed by atoms with van der Waals surface area (Å²) in [4.78, 5) is 0. The monoisotopic (exact) mass is 447 g/mol. The van der Waals surface area contributed by atoms with Crippen molar-refractivity contribution in [1.29, 1.82) is 0 Å². The number of halogens is 1. The maximum atomic E-state index is 5.88. The highest BCUT2D eigenvalue weighted by atomic mass is 35.5. The van der Waals surface area contributed by atoms with E-state index in [0.717, 1.165) is 18.7 Å². The molecule has 0 aliphatic heterocycles. The summed E-state index contributed by atoms with van der Waals surface area (Å²) in [6.07, 6.45) is 1.14. The molecule has 0 unspecified atom stereocenters. The Morgan fingerprint density at radius 3 is 2.00 bits per heavy atom. The Hall–Kier alpha value is -1.55. The topological polar surface area (TPSA) is 30.5 Å². The highest BCUT2D eigenvalue weighted by Crippen LogP contribution is 2.43. The fourth-order valence-electron chi connectivity index (χ4n) is 3.33. The van der Waals surface area contributed by atoms with Crippen molar-refractivity contribution in [3.8, 4) is 5.75 Å². The summed E-state index contributed by atoms with van der Waals surface area (Å²) in [5, 5.41) is 3.56. The van der Waals surface area contributed by atoms with Crippen LogP contribution >= 0.6 is 12.4 Å². The Morgan fingerprint density at radius 1 is 0.806 bits per heavy atom. The van der Waals surface area contributed by atoms with Gasteiger partial charge in [-0.1, -0.05) is 83.5 Å². The lowest BCUT2D eigenvalue weighted by Crippen LogP contribution is -2.43. The molecule has 1 N–H and O–H groups in total. The molecule has 0 aliphatic carbocycles. The van der Waals surface area contributed by atoms with E-state index in [1.54, 1.807) is 0 Å². The van der Waals surface area contributed by atoms with Crippen LogP contribution in [-0.4, -0.2) is 25.4 Å². The molecule has 0 aliphatic rings. The van der Waals surface area contributed by atoms with E-state index in [2.05, 4.69) is 102 Å². The Kier molecular flexibility index (Phi) is 10.5. The summed E-state index contributed by atoms with van der Waals surface area (Å²) >= 11 is 0. The van der Waals surface area contributed by atoms with Gasteiger partial charge >= 0.3 is 0 Å². The van der Waals surface area contributed by atoms with Gasteiger partial charge in [0, 0.05) is 12.1 Å². The predicted molar refractivity (Wildman–Crippen MR) is 134 cm³/mol. The number of hydrogen-bond acceptors (Lipinski definition) is 3. The molecule has 0 amide bonds. The zero-order chi connectivity index (χ0) is 22.3. The molecule has 174 valence electrons. The van der Waals surface area contributed by atoms with Gasteiger partial charge in [-0.15, -0.1) is 12.4 Å². The Labute approximate surface area is 196 Å². The SMILES string of the molecule is CCC(C)(C)C(C)(C)c1ccc(OCCOCC(C)(C)NCc2ccccc2)cc1.Cl. The maximum Gasteiger partial charge on any atom is 0.119 e. The van der Waals surface area contributed by atoms with Crippen molar-refractivity contribution in [1.82, 2.24) is 5.32 Å². The summed E-state index contributed by atoms with van der Waals surface area (Å²) < 4.78 is 11.7. The molecule has 0 bridgehead atoms. The van der Waals surface area contributed by atoms with Crippen molar-refractivity contribution < 1.29 is 9.47 Å². The van der Waals surface area contributed by atoms with Gasteiger partial charge in [-0.3, -0.25) is 0 Å². The van der Waals surface area contributed by atoms with Gasteiger partial charge in [-0.2, -0.15) is 0 Å². The van der Waals surface area contributed by atoms with Gasteiger partial charge in [0.15, 0.2) is 0 Å². The minimum atomic E-state index is -0.0881. The third kappa shape index (κ3) is 8.14. The lowest BCUT2D eigenvalue weighted by atomic mass is 9.63. The van der Waals surface area contributed by atoms with E-state index >= 15 is 0 Å². The van der Waals surface area contributed by atoms with Crippen LogP contribution in [0.15, 0.2) is 54.6 Å². The fraction of sp³-hybridized carbons (Fsp3) is 0.556. The van der Waals surface area contributed by atoms with Crippen LogP contribution in [0, 0.1) is 5.41 Å². The molecular weight excluding hydrogens is 406 g/mol. The van der Waals surface area contributed by atoms with Gasteiger partial charge in [0.25, 0.3) is 0 Å². The predicted octanol–water partition coefficient (Wildman–Crippen LogP) is 6.79. The van der Waals surface area contributed by atoms with Crippen LogP contribution in [0.5, 0.6) is 5.75 Å². The molecule has 0 radical (unpaired) electrons. The van der Waals surface area contributed by atoms with E-state index in [-0.39, 0.29) is 28.8 Å². The van der Waals surface area contributed by atoms with Crippen LogP contribution in [0.2, 0.25) is 0 Å². The standard InChI is InChI=1S/C27H41NO2.ClH/c1-8-25(2,3)27(6,7)23-14-16-24(17-15-23)30-19-18-29-21-26(4,5)28-20-22-12-10-9-11-13-22;/h9-17,28H,8,18-21H2,1-7H3;1H. The van der Waals surface area contributed by atoms with Gasteiger partial charge in [-0.25, -0.2) is 0 Å². The smallest absolute Gasteiger partial charge is 0.119 e. The number of hydrogen-bond donors (Lipinski definition) is 1. The van der Waals surface area contributed by atoms with Crippen molar-refractivity contribution in [2.24, 2.45) is 5.41 Å².